The third-order valence-corrected chi connectivity index (χ3v) is 3.60. The van der Waals surface area contributed by atoms with Crippen molar-refractivity contribution in [3.63, 3.8) is 0 Å². The van der Waals surface area contributed by atoms with Crippen LogP contribution < -0.4 is 5.32 Å². The van der Waals surface area contributed by atoms with E-state index in [-0.39, 0.29) is 0 Å². The van der Waals surface area contributed by atoms with Gasteiger partial charge in [0.25, 0.3) is 0 Å². The zero-order valence-electron chi connectivity index (χ0n) is 11.7. The molecule has 0 amide bonds. The van der Waals surface area contributed by atoms with Gasteiger partial charge in [-0.15, -0.1) is 5.10 Å². The molecule has 3 rings (SSSR count). The second-order valence-corrected chi connectivity index (χ2v) is 5.39. The van der Waals surface area contributed by atoms with Crippen LogP contribution in [0.4, 0.5) is 5.69 Å². The number of nitrogens with one attached hydrogen (secondary N) is 1. The number of hydrogen-bond donors (Lipinski definition) is 1. The standard InChI is InChI=1S/C15H16N4OS/c1-21-11-13-7-6-12(20-13)10-16-14-4-2-3-5-15(14)19-9-8-17-18-19/h2-9,16H,10-11H2,1H3. The first kappa shape index (κ1) is 13.8. The average molecular weight is 300 g/mol. The fourth-order valence-electron chi connectivity index (χ4n) is 2.08. The Kier molecular flexibility index (Phi) is 4.25. The Morgan fingerprint density at radius 1 is 1.19 bits per heavy atom. The molecule has 0 radical (unpaired) electrons. The van der Waals surface area contributed by atoms with Crippen molar-refractivity contribution in [3.8, 4) is 5.69 Å². The van der Waals surface area contributed by atoms with Gasteiger partial charge in [-0.05, 0) is 30.5 Å². The summed E-state index contributed by atoms with van der Waals surface area (Å²) >= 11 is 1.75. The monoisotopic (exact) mass is 300 g/mol. The lowest BCUT2D eigenvalue weighted by atomic mass is 10.2. The molecule has 0 fully saturated rings. The number of thioether (sulfide) groups is 1. The summed E-state index contributed by atoms with van der Waals surface area (Å²) < 4.78 is 7.50. The lowest BCUT2D eigenvalue weighted by Gasteiger charge is -2.10. The zero-order chi connectivity index (χ0) is 14.5. The first-order valence-electron chi connectivity index (χ1n) is 6.63. The van der Waals surface area contributed by atoms with Gasteiger partial charge in [-0.2, -0.15) is 11.8 Å². The van der Waals surface area contributed by atoms with Crippen molar-refractivity contribution in [2.24, 2.45) is 0 Å². The van der Waals surface area contributed by atoms with E-state index in [1.165, 1.54) is 0 Å². The third-order valence-electron chi connectivity index (χ3n) is 3.03. The van der Waals surface area contributed by atoms with Crippen molar-refractivity contribution in [2.45, 2.75) is 12.3 Å². The van der Waals surface area contributed by atoms with Crippen molar-refractivity contribution in [2.75, 3.05) is 11.6 Å². The second-order valence-electron chi connectivity index (χ2n) is 4.52. The van der Waals surface area contributed by atoms with Gasteiger partial charge in [0, 0.05) is 0 Å². The molecule has 0 atom stereocenters. The Labute approximate surface area is 127 Å². The highest BCUT2D eigenvalue weighted by Gasteiger charge is 2.06. The predicted octanol–water partition coefficient (Wildman–Crippen LogP) is 3.34. The van der Waals surface area contributed by atoms with E-state index in [0.717, 1.165) is 28.6 Å². The van der Waals surface area contributed by atoms with Crippen molar-refractivity contribution in [1.82, 2.24) is 15.0 Å². The maximum Gasteiger partial charge on any atom is 0.123 e. The number of hydrogen-bond acceptors (Lipinski definition) is 5. The van der Waals surface area contributed by atoms with E-state index in [4.69, 9.17) is 4.42 Å². The van der Waals surface area contributed by atoms with Crippen LogP contribution in [0, 0.1) is 0 Å². The Morgan fingerprint density at radius 3 is 2.86 bits per heavy atom. The summed E-state index contributed by atoms with van der Waals surface area (Å²) in [6.07, 6.45) is 5.55. The molecule has 0 spiro atoms. The summed E-state index contributed by atoms with van der Waals surface area (Å²) in [5.41, 5.74) is 1.96. The Bertz CT molecular complexity index is 693. The highest BCUT2D eigenvalue weighted by molar-refractivity contribution is 7.97. The van der Waals surface area contributed by atoms with Gasteiger partial charge in [0.15, 0.2) is 0 Å². The van der Waals surface area contributed by atoms with Crippen LogP contribution in [-0.2, 0) is 12.3 Å². The number of anilines is 1. The van der Waals surface area contributed by atoms with Crippen LogP contribution in [0.25, 0.3) is 5.69 Å². The number of benzene rings is 1. The average Bonchev–Trinajstić information content (AvgIpc) is 3.17. The van der Waals surface area contributed by atoms with Gasteiger partial charge in [-0.1, -0.05) is 17.3 Å². The van der Waals surface area contributed by atoms with E-state index >= 15 is 0 Å². The van der Waals surface area contributed by atoms with Crippen LogP contribution in [0.3, 0.4) is 0 Å². The van der Waals surface area contributed by atoms with Crippen molar-refractivity contribution in [3.05, 3.63) is 60.3 Å². The van der Waals surface area contributed by atoms with Gasteiger partial charge in [0.2, 0.25) is 0 Å². The predicted molar refractivity (Wildman–Crippen MR) is 84.6 cm³/mol. The molecule has 0 aliphatic heterocycles. The fourth-order valence-corrected chi connectivity index (χ4v) is 2.52. The van der Waals surface area contributed by atoms with Crippen LogP contribution in [0.5, 0.6) is 0 Å². The summed E-state index contributed by atoms with van der Waals surface area (Å²) in [5.74, 6) is 2.83. The molecule has 0 aliphatic carbocycles. The molecule has 1 N–H and O–H groups in total. The summed E-state index contributed by atoms with van der Waals surface area (Å²) in [6.45, 7) is 0.639. The summed E-state index contributed by atoms with van der Waals surface area (Å²) in [7, 11) is 0. The highest BCUT2D eigenvalue weighted by Crippen LogP contribution is 2.20. The van der Waals surface area contributed by atoms with E-state index in [1.54, 1.807) is 22.6 Å². The van der Waals surface area contributed by atoms with Crippen LogP contribution in [-0.4, -0.2) is 21.2 Å². The molecule has 1 aromatic carbocycles. The van der Waals surface area contributed by atoms with Gasteiger partial charge in [0.05, 0.1) is 36.1 Å². The van der Waals surface area contributed by atoms with E-state index in [1.807, 2.05) is 42.6 Å². The van der Waals surface area contributed by atoms with Crippen molar-refractivity contribution >= 4 is 17.4 Å². The molecule has 0 saturated heterocycles. The Balaban J connectivity index is 1.73. The lowest BCUT2D eigenvalue weighted by Crippen LogP contribution is -2.04. The number of aromatic nitrogens is 3. The van der Waals surface area contributed by atoms with Crippen LogP contribution >= 0.6 is 11.8 Å². The molecular formula is C15H16N4OS. The molecular weight excluding hydrogens is 284 g/mol. The van der Waals surface area contributed by atoms with Gasteiger partial charge < -0.3 is 9.73 Å². The fraction of sp³-hybridized carbons (Fsp3) is 0.200. The lowest BCUT2D eigenvalue weighted by molar-refractivity contribution is 0.487. The topological polar surface area (TPSA) is 55.9 Å². The maximum atomic E-state index is 5.76. The van der Waals surface area contributed by atoms with Gasteiger partial charge in [0.1, 0.15) is 11.5 Å². The quantitative estimate of drug-likeness (QED) is 0.756. The Morgan fingerprint density at radius 2 is 2.05 bits per heavy atom. The van der Waals surface area contributed by atoms with E-state index in [0.29, 0.717) is 6.54 Å². The Hall–Kier alpha value is -2.21. The maximum absolute atomic E-state index is 5.76. The molecule has 2 heterocycles. The molecule has 0 unspecified atom stereocenters. The number of furan rings is 1. The van der Waals surface area contributed by atoms with E-state index in [2.05, 4.69) is 21.9 Å². The molecule has 3 aromatic rings. The van der Waals surface area contributed by atoms with Crippen molar-refractivity contribution < 1.29 is 4.42 Å². The van der Waals surface area contributed by atoms with Crippen LogP contribution in [0.1, 0.15) is 11.5 Å². The SMILES string of the molecule is CSCc1ccc(CNc2ccccc2-n2ccnn2)o1. The zero-order valence-corrected chi connectivity index (χ0v) is 12.5. The van der Waals surface area contributed by atoms with Gasteiger partial charge in [-0.25, -0.2) is 4.68 Å². The van der Waals surface area contributed by atoms with Crippen molar-refractivity contribution in [1.29, 1.82) is 0 Å². The molecule has 0 saturated carbocycles. The summed E-state index contributed by atoms with van der Waals surface area (Å²) in [4.78, 5) is 0. The molecule has 108 valence electrons. The van der Waals surface area contributed by atoms with Gasteiger partial charge >= 0.3 is 0 Å². The molecule has 0 aliphatic rings. The third kappa shape index (κ3) is 3.28. The summed E-state index contributed by atoms with van der Waals surface area (Å²) in [5, 5.41) is 11.3. The smallest absolute Gasteiger partial charge is 0.123 e. The minimum Gasteiger partial charge on any atom is -0.463 e. The largest absolute Gasteiger partial charge is 0.463 e. The molecule has 6 heteroatoms. The van der Waals surface area contributed by atoms with Crippen LogP contribution in [0.2, 0.25) is 0 Å². The molecule has 5 nitrogen and oxygen atoms in total. The minimum atomic E-state index is 0.639. The van der Waals surface area contributed by atoms with Crippen LogP contribution in [0.15, 0.2) is 53.2 Å². The molecule has 0 bridgehead atoms. The highest BCUT2D eigenvalue weighted by atomic mass is 32.2. The number of nitrogens with zero attached hydrogens (tertiary/aromatic N) is 3. The minimum absolute atomic E-state index is 0.639. The van der Waals surface area contributed by atoms with E-state index < -0.39 is 0 Å². The van der Waals surface area contributed by atoms with E-state index in [9.17, 15) is 0 Å². The number of rotatable bonds is 6. The summed E-state index contributed by atoms with van der Waals surface area (Å²) in [6, 6.07) is 12.0. The number of para-hydroxylation sites is 2. The molecule has 2 aromatic heterocycles. The molecule has 21 heavy (non-hydrogen) atoms. The first-order valence-corrected chi connectivity index (χ1v) is 8.02. The normalized spacial score (nSPS) is 10.7. The van der Waals surface area contributed by atoms with Gasteiger partial charge in [-0.3, -0.25) is 0 Å². The first-order chi connectivity index (χ1) is 10.4. The second kappa shape index (κ2) is 6.49.